The molecule has 1 aliphatic heterocycles. The molecular formula is C18H18F2N2O2. The van der Waals surface area contributed by atoms with Gasteiger partial charge in [0.05, 0.1) is 6.54 Å². The molecule has 0 bridgehead atoms. The Morgan fingerprint density at radius 1 is 1.21 bits per heavy atom. The Morgan fingerprint density at radius 2 is 1.92 bits per heavy atom. The van der Waals surface area contributed by atoms with Crippen molar-refractivity contribution < 1.29 is 13.7 Å². The fourth-order valence-corrected chi connectivity index (χ4v) is 3.28. The van der Waals surface area contributed by atoms with Crippen molar-refractivity contribution in [2.24, 2.45) is 0 Å². The minimum Gasteiger partial charge on any atom is -0.285 e. The van der Waals surface area contributed by atoms with E-state index in [1.807, 2.05) is 35.2 Å². The van der Waals surface area contributed by atoms with Gasteiger partial charge >= 0.3 is 0 Å². The van der Waals surface area contributed by atoms with Crippen LogP contribution >= 0.6 is 0 Å². The van der Waals surface area contributed by atoms with Gasteiger partial charge in [0, 0.05) is 35.6 Å². The average Bonchev–Trinajstić information content (AvgIpc) is 2.96. The molecule has 3 rings (SSSR count). The predicted molar refractivity (Wildman–Crippen MR) is 86.1 cm³/mol. The van der Waals surface area contributed by atoms with E-state index < -0.39 is 23.7 Å². The summed E-state index contributed by atoms with van der Waals surface area (Å²) in [6.07, 6.45) is 0.224. The lowest BCUT2D eigenvalue weighted by Gasteiger charge is -2.24. The Hall–Kier alpha value is -2.34. The Labute approximate surface area is 138 Å². The van der Waals surface area contributed by atoms with Crippen LogP contribution in [0.1, 0.15) is 29.2 Å². The minimum absolute atomic E-state index is 0.224. The van der Waals surface area contributed by atoms with Gasteiger partial charge in [0.15, 0.2) is 0 Å². The van der Waals surface area contributed by atoms with Crippen LogP contribution in [0.5, 0.6) is 0 Å². The van der Waals surface area contributed by atoms with Crippen LogP contribution in [-0.4, -0.2) is 22.4 Å². The maximum atomic E-state index is 14.3. The molecule has 2 aromatic rings. The molecule has 0 aliphatic carbocycles. The molecule has 0 radical (unpaired) electrons. The van der Waals surface area contributed by atoms with Crippen LogP contribution in [0.3, 0.4) is 0 Å². The summed E-state index contributed by atoms with van der Waals surface area (Å²) >= 11 is 0. The second-order valence-corrected chi connectivity index (χ2v) is 6.23. The van der Waals surface area contributed by atoms with E-state index in [9.17, 15) is 18.9 Å². The van der Waals surface area contributed by atoms with Gasteiger partial charge in [-0.15, -0.1) is 0 Å². The Balaban J connectivity index is 1.93. The molecule has 0 aromatic heterocycles. The van der Waals surface area contributed by atoms with Crippen LogP contribution in [0, 0.1) is 28.7 Å². The third-order valence-corrected chi connectivity index (χ3v) is 4.54. The lowest BCUT2D eigenvalue weighted by atomic mass is 10.00. The third-order valence-electron chi connectivity index (χ3n) is 4.54. The summed E-state index contributed by atoms with van der Waals surface area (Å²) in [6.45, 7) is 2.31. The van der Waals surface area contributed by atoms with Gasteiger partial charge < -0.3 is 0 Å². The van der Waals surface area contributed by atoms with E-state index in [2.05, 4.69) is 0 Å². The fourth-order valence-electron chi connectivity index (χ4n) is 3.28. The van der Waals surface area contributed by atoms with Gasteiger partial charge in [-0.05, 0) is 24.1 Å². The summed E-state index contributed by atoms with van der Waals surface area (Å²) in [7, 11) is 0. The van der Waals surface area contributed by atoms with E-state index in [4.69, 9.17) is 0 Å². The number of hydrogen-bond acceptors (Lipinski definition) is 3. The van der Waals surface area contributed by atoms with Crippen molar-refractivity contribution in [3.05, 3.63) is 80.9 Å². The van der Waals surface area contributed by atoms with Crippen LogP contribution in [0.2, 0.25) is 0 Å². The fraction of sp³-hybridized carbons (Fsp3) is 0.333. The topological polar surface area (TPSA) is 46.4 Å². The lowest BCUT2D eigenvalue weighted by molar-refractivity contribution is -0.518. The first-order valence-corrected chi connectivity index (χ1v) is 7.82. The van der Waals surface area contributed by atoms with Gasteiger partial charge in [-0.2, -0.15) is 0 Å². The highest BCUT2D eigenvalue weighted by atomic mass is 19.1. The zero-order valence-corrected chi connectivity index (χ0v) is 13.3. The SMILES string of the molecule is Cc1cc(C2CC([N+](=O)[O-])CN2Cc2ccccc2)c(F)cc1F. The van der Waals surface area contributed by atoms with Gasteiger partial charge in [-0.1, -0.05) is 30.3 Å². The number of halogens is 2. The Morgan fingerprint density at radius 3 is 2.58 bits per heavy atom. The summed E-state index contributed by atoms with van der Waals surface area (Å²) in [6, 6.07) is 10.7. The van der Waals surface area contributed by atoms with Gasteiger partial charge in [-0.25, -0.2) is 8.78 Å². The Bertz CT molecular complexity index is 752. The lowest BCUT2D eigenvalue weighted by Crippen LogP contribution is -2.27. The van der Waals surface area contributed by atoms with Crippen molar-refractivity contribution >= 4 is 0 Å². The number of hydrogen-bond donors (Lipinski definition) is 0. The molecule has 1 saturated heterocycles. The molecule has 24 heavy (non-hydrogen) atoms. The molecule has 6 heteroatoms. The van der Waals surface area contributed by atoms with Crippen LogP contribution in [-0.2, 0) is 6.54 Å². The van der Waals surface area contributed by atoms with Crippen molar-refractivity contribution in [1.29, 1.82) is 0 Å². The summed E-state index contributed by atoms with van der Waals surface area (Å²) in [5.41, 5.74) is 1.68. The van der Waals surface area contributed by atoms with E-state index in [-0.39, 0.29) is 17.9 Å². The molecule has 0 saturated carbocycles. The first-order valence-electron chi connectivity index (χ1n) is 7.82. The van der Waals surface area contributed by atoms with Gasteiger partial charge in [0.25, 0.3) is 0 Å². The number of aryl methyl sites for hydroxylation is 1. The Kier molecular flexibility index (Phi) is 4.57. The maximum absolute atomic E-state index is 14.3. The summed E-state index contributed by atoms with van der Waals surface area (Å²) in [4.78, 5) is 12.8. The monoisotopic (exact) mass is 332 g/mol. The second-order valence-electron chi connectivity index (χ2n) is 6.23. The van der Waals surface area contributed by atoms with Crippen molar-refractivity contribution in [2.45, 2.75) is 32.0 Å². The second kappa shape index (κ2) is 6.65. The van der Waals surface area contributed by atoms with E-state index >= 15 is 0 Å². The van der Waals surface area contributed by atoms with Crippen molar-refractivity contribution in [3.63, 3.8) is 0 Å². The first kappa shape index (κ1) is 16.5. The number of rotatable bonds is 4. The smallest absolute Gasteiger partial charge is 0.227 e. The van der Waals surface area contributed by atoms with Gasteiger partial charge in [0.2, 0.25) is 6.04 Å². The number of benzene rings is 2. The standard InChI is InChI=1S/C18H18F2N2O2/c1-12-7-15(17(20)9-16(12)19)18-8-14(22(23)24)11-21(18)10-13-5-3-2-4-6-13/h2-7,9,14,18H,8,10-11H2,1H3. The van der Waals surface area contributed by atoms with Crippen LogP contribution in [0.25, 0.3) is 0 Å². The van der Waals surface area contributed by atoms with Gasteiger partial charge in [0.1, 0.15) is 11.6 Å². The quantitative estimate of drug-likeness (QED) is 0.631. The van der Waals surface area contributed by atoms with Crippen molar-refractivity contribution in [1.82, 2.24) is 4.90 Å². The van der Waals surface area contributed by atoms with E-state index in [1.54, 1.807) is 6.92 Å². The zero-order valence-electron chi connectivity index (χ0n) is 13.3. The molecular weight excluding hydrogens is 314 g/mol. The largest absolute Gasteiger partial charge is 0.285 e. The van der Waals surface area contributed by atoms with Crippen LogP contribution in [0.4, 0.5) is 8.78 Å². The summed E-state index contributed by atoms with van der Waals surface area (Å²) < 4.78 is 27.8. The molecule has 2 aromatic carbocycles. The highest BCUT2D eigenvalue weighted by Crippen LogP contribution is 2.36. The van der Waals surface area contributed by atoms with E-state index in [0.29, 0.717) is 17.7 Å². The molecule has 1 aliphatic rings. The zero-order chi connectivity index (χ0) is 17.3. The molecule has 4 nitrogen and oxygen atoms in total. The molecule has 0 spiro atoms. The van der Waals surface area contributed by atoms with Crippen molar-refractivity contribution in [3.8, 4) is 0 Å². The molecule has 126 valence electrons. The maximum Gasteiger partial charge on any atom is 0.227 e. The molecule has 0 amide bonds. The highest BCUT2D eigenvalue weighted by Gasteiger charge is 2.40. The molecule has 1 heterocycles. The molecule has 2 unspecified atom stereocenters. The number of likely N-dealkylation sites (tertiary alicyclic amines) is 1. The summed E-state index contributed by atoms with van der Waals surface area (Å²) in [5.74, 6) is -1.25. The van der Waals surface area contributed by atoms with Crippen molar-refractivity contribution in [2.75, 3.05) is 6.54 Å². The molecule has 1 fully saturated rings. The van der Waals surface area contributed by atoms with E-state index in [0.717, 1.165) is 11.6 Å². The summed E-state index contributed by atoms with van der Waals surface area (Å²) in [5, 5.41) is 11.2. The predicted octanol–water partition coefficient (Wildman–Crippen LogP) is 3.87. The number of nitrogens with zero attached hydrogens (tertiary/aromatic N) is 2. The number of nitro groups is 1. The van der Waals surface area contributed by atoms with Gasteiger partial charge in [-0.3, -0.25) is 15.0 Å². The third kappa shape index (κ3) is 3.28. The average molecular weight is 332 g/mol. The van der Waals surface area contributed by atoms with E-state index in [1.165, 1.54) is 6.07 Å². The molecule has 2 atom stereocenters. The van der Waals surface area contributed by atoms with Crippen LogP contribution in [0.15, 0.2) is 42.5 Å². The highest BCUT2D eigenvalue weighted by molar-refractivity contribution is 5.29. The minimum atomic E-state index is -0.747. The van der Waals surface area contributed by atoms with Crippen LogP contribution < -0.4 is 0 Å². The normalized spacial score (nSPS) is 21.1. The first-order chi connectivity index (χ1) is 11.5. The molecule has 0 N–H and O–H groups in total.